The minimum absolute atomic E-state index is 0.431. The molecule has 0 radical (unpaired) electrons. The van der Waals surface area contributed by atoms with Gasteiger partial charge < -0.3 is 9.55 Å². The summed E-state index contributed by atoms with van der Waals surface area (Å²) in [7, 11) is 1.86. The number of hydrogen-bond acceptors (Lipinski definition) is 3. The molecule has 0 saturated heterocycles. The highest BCUT2D eigenvalue weighted by Gasteiger charge is 2.17. The zero-order chi connectivity index (χ0) is 12.6. The number of carbonyl (C=O) groups excluding carboxylic acids is 2. The van der Waals surface area contributed by atoms with E-state index in [9.17, 15) is 9.59 Å². The minimum Gasteiger partial charge on any atom is -0.350 e. The second kappa shape index (κ2) is 4.01. The van der Waals surface area contributed by atoms with Gasteiger partial charge in [0.1, 0.15) is 5.82 Å². The number of aromatic nitrogens is 3. The summed E-state index contributed by atoms with van der Waals surface area (Å²) in [4.78, 5) is 29.1. The first-order chi connectivity index (χ1) is 8.10. The van der Waals surface area contributed by atoms with Gasteiger partial charge in [-0.1, -0.05) is 0 Å². The molecule has 0 aromatic carbocycles. The lowest BCUT2D eigenvalue weighted by atomic mass is 10.1. The minimum atomic E-state index is 0.431. The molecule has 0 aliphatic carbocycles. The highest BCUT2D eigenvalue weighted by Crippen LogP contribution is 2.26. The Morgan fingerprint density at radius 1 is 1.29 bits per heavy atom. The van der Waals surface area contributed by atoms with Gasteiger partial charge in [-0.25, -0.2) is 4.98 Å². The Hall–Kier alpha value is -2.17. The Balaban J connectivity index is 2.71. The molecule has 1 N–H and O–H groups in total. The van der Waals surface area contributed by atoms with E-state index < -0.39 is 0 Å². The van der Waals surface area contributed by atoms with Crippen molar-refractivity contribution in [2.75, 3.05) is 0 Å². The Labute approximate surface area is 98.5 Å². The highest BCUT2D eigenvalue weighted by atomic mass is 16.1. The summed E-state index contributed by atoms with van der Waals surface area (Å²) >= 11 is 0. The number of nitrogens with zero attached hydrogens (tertiary/aromatic N) is 2. The van der Waals surface area contributed by atoms with Gasteiger partial charge in [-0.3, -0.25) is 9.59 Å². The number of H-pyrrole nitrogens is 1. The number of carbonyl (C=O) groups is 2. The molecule has 0 unspecified atom stereocenters. The van der Waals surface area contributed by atoms with Gasteiger partial charge in [-0.05, 0) is 19.4 Å². The van der Waals surface area contributed by atoms with E-state index in [1.807, 2.05) is 18.5 Å². The van der Waals surface area contributed by atoms with Crippen LogP contribution in [0.1, 0.15) is 32.2 Å². The first-order valence-corrected chi connectivity index (χ1v) is 5.21. The molecule has 5 heteroatoms. The van der Waals surface area contributed by atoms with Crippen molar-refractivity contribution < 1.29 is 9.59 Å². The third kappa shape index (κ3) is 1.60. The molecule has 2 heterocycles. The maximum atomic E-state index is 11.1. The monoisotopic (exact) mass is 231 g/mol. The van der Waals surface area contributed by atoms with E-state index in [0.717, 1.165) is 24.1 Å². The molecule has 5 nitrogen and oxygen atoms in total. The molecular weight excluding hydrogens is 218 g/mol. The average molecular weight is 231 g/mol. The summed E-state index contributed by atoms with van der Waals surface area (Å²) in [5.74, 6) is 0.844. The molecule has 0 bridgehead atoms. The number of rotatable bonds is 3. The van der Waals surface area contributed by atoms with Gasteiger partial charge >= 0.3 is 0 Å². The third-order valence-corrected chi connectivity index (χ3v) is 3.05. The Bertz CT molecular complexity index is 593. The molecule has 0 spiro atoms. The van der Waals surface area contributed by atoms with E-state index in [0.29, 0.717) is 22.5 Å². The second-order valence-electron chi connectivity index (χ2n) is 3.94. The van der Waals surface area contributed by atoms with Gasteiger partial charge in [-0.15, -0.1) is 0 Å². The first-order valence-electron chi connectivity index (χ1n) is 5.21. The predicted octanol–water partition coefficient (Wildman–Crippen LogP) is 1.66. The van der Waals surface area contributed by atoms with Gasteiger partial charge in [0, 0.05) is 12.6 Å². The van der Waals surface area contributed by atoms with Crippen LogP contribution in [-0.2, 0) is 7.05 Å². The number of aldehydes is 2. The SMILES string of the molecule is Cc1c(C=O)[nH]c(-c2cnc(C)n2C)c1C=O. The van der Waals surface area contributed by atoms with E-state index in [-0.39, 0.29) is 0 Å². The number of imidazole rings is 1. The predicted molar refractivity (Wildman–Crippen MR) is 63.2 cm³/mol. The fourth-order valence-electron chi connectivity index (χ4n) is 1.83. The summed E-state index contributed by atoms with van der Waals surface area (Å²) in [6.45, 7) is 3.62. The third-order valence-electron chi connectivity index (χ3n) is 3.05. The molecule has 0 aliphatic rings. The lowest BCUT2D eigenvalue weighted by molar-refractivity contribution is 0.111. The number of aromatic amines is 1. The fourth-order valence-corrected chi connectivity index (χ4v) is 1.83. The van der Waals surface area contributed by atoms with Gasteiger partial charge in [0.2, 0.25) is 0 Å². The van der Waals surface area contributed by atoms with Crippen LogP contribution in [0.2, 0.25) is 0 Å². The van der Waals surface area contributed by atoms with Crippen molar-refractivity contribution in [3.63, 3.8) is 0 Å². The van der Waals surface area contributed by atoms with E-state index in [2.05, 4.69) is 9.97 Å². The second-order valence-corrected chi connectivity index (χ2v) is 3.94. The molecule has 0 aliphatic heterocycles. The molecule has 0 saturated carbocycles. The average Bonchev–Trinajstić information content (AvgIpc) is 2.81. The summed E-state index contributed by atoms with van der Waals surface area (Å²) in [5, 5.41) is 0. The summed E-state index contributed by atoms with van der Waals surface area (Å²) in [6.07, 6.45) is 3.16. The van der Waals surface area contributed by atoms with E-state index >= 15 is 0 Å². The maximum Gasteiger partial charge on any atom is 0.166 e. The highest BCUT2D eigenvalue weighted by molar-refractivity contribution is 5.92. The first kappa shape index (κ1) is 11.3. The lowest BCUT2D eigenvalue weighted by Gasteiger charge is -2.02. The zero-order valence-corrected chi connectivity index (χ0v) is 9.94. The summed E-state index contributed by atoms with van der Waals surface area (Å²) < 4.78 is 1.87. The Morgan fingerprint density at radius 2 is 2.00 bits per heavy atom. The maximum absolute atomic E-state index is 11.1. The number of nitrogens with one attached hydrogen (secondary N) is 1. The van der Waals surface area contributed by atoms with E-state index in [1.165, 1.54) is 0 Å². The Kier molecular flexibility index (Phi) is 2.67. The molecular formula is C12H13N3O2. The van der Waals surface area contributed by atoms with Crippen LogP contribution in [0.3, 0.4) is 0 Å². The van der Waals surface area contributed by atoms with Crippen LogP contribution in [0.25, 0.3) is 11.4 Å². The zero-order valence-electron chi connectivity index (χ0n) is 9.94. The molecule has 0 fully saturated rings. The molecule has 17 heavy (non-hydrogen) atoms. The van der Waals surface area contributed by atoms with Crippen LogP contribution < -0.4 is 0 Å². The van der Waals surface area contributed by atoms with Crippen LogP contribution in [0.5, 0.6) is 0 Å². The van der Waals surface area contributed by atoms with Crippen LogP contribution >= 0.6 is 0 Å². The molecule has 0 amide bonds. The topological polar surface area (TPSA) is 67.8 Å². The van der Waals surface area contributed by atoms with Crippen molar-refractivity contribution in [1.82, 2.24) is 14.5 Å². The molecule has 88 valence electrons. The van der Waals surface area contributed by atoms with Crippen molar-refractivity contribution in [2.24, 2.45) is 7.05 Å². The molecule has 2 rings (SSSR count). The number of hydrogen-bond donors (Lipinski definition) is 1. The standard InChI is InChI=1S/C12H13N3O2/c1-7-9(5-16)12(14-10(7)6-17)11-4-13-8(2)15(11)3/h4-6,14H,1-3H3. The van der Waals surface area contributed by atoms with Gasteiger partial charge in [0.25, 0.3) is 0 Å². The van der Waals surface area contributed by atoms with Crippen molar-refractivity contribution in [2.45, 2.75) is 13.8 Å². The van der Waals surface area contributed by atoms with E-state index in [1.54, 1.807) is 13.1 Å². The summed E-state index contributed by atoms with van der Waals surface area (Å²) in [5.41, 5.74) is 3.04. The van der Waals surface area contributed by atoms with Gasteiger partial charge in [-0.2, -0.15) is 0 Å². The van der Waals surface area contributed by atoms with Crippen LogP contribution in [0, 0.1) is 13.8 Å². The Morgan fingerprint density at radius 3 is 2.47 bits per heavy atom. The summed E-state index contributed by atoms with van der Waals surface area (Å²) in [6, 6.07) is 0. The lowest BCUT2D eigenvalue weighted by Crippen LogP contribution is -1.96. The van der Waals surface area contributed by atoms with Crippen molar-refractivity contribution >= 4 is 12.6 Å². The number of aryl methyl sites for hydroxylation is 1. The fraction of sp³-hybridized carbons (Fsp3) is 0.250. The quantitative estimate of drug-likeness (QED) is 0.817. The van der Waals surface area contributed by atoms with E-state index in [4.69, 9.17) is 0 Å². The molecule has 2 aromatic heterocycles. The van der Waals surface area contributed by atoms with Crippen molar-refractivity contribution in [3.8, 4) is 11.4 Å². The van der Waals surface area contributed by atoms with Crippen LogP contribution in [-0.4, -0.2) is 27.1 Å². The van der Waals surface area contributed by atoms with Crippen molar-refractivity contribution in [3.05, 3.63) is 28.8 Å². The van der Waals surface area contributed by atoms with Gasteiger partial charge in [0.15, 0.2) is 12.6 Å². The largest absolute Gasteiger partial charge is 0.350 e. The van der Waals surface area contributed by atoms with Crippen LogP contribution in [0.15, 0.2) is 6.20 Å². The molecule has 0 atom stereocenters. The van der Waals surface area contributed by atoms with Crippen LogP contribution in [0.4, 0.5) is 0 Å². The van der Waals surface area contributed by atoms with Crippen molar-refractivity contribution in [1.29, 1.82) is 0 Å². The smallest absolute Gasteiger partial charge is 0.166 e. The van der Waals surface area contributed by atoms with Gasteiger partial charge in [0.05, 0.1) is 23.3 Å². The normalized spacial score (nSPS) is 10.5. The molecule has 2 aromatic rings.